The van der Waals surface area contributed by atoms with Crippen LogP contribution in [0.4, 0.5) is 15.9 Å². The Morgan fingerprint density at radius 3 is 2.73 bits per heavy atom. The summed E-state index contributed by atoms with van der Waals surface area (Å²) in [4.78, 5) is 27.2. The van der Waals surface area contributed by atoms with Crippen LogP contribution in [-0.4, -0.2) is 35.1 Å². The molecule has 1 aromatic carbocycles. The molecule has 0 aliphatic carbocycles. The molecule has 0 aliphatic heterocycles. The van der Waals surface area contributed by atoms with Crippen molar-refractivity contribution in [2.75, 3.05) is 18.5 Å². The van der Waals surface area contributed by atoms with Crippen LogP contribution in [0.25, 0.3) is 0 Å². The third kappa shape index (κ3) is 5.19. The van der Waals surface area contributed by atoms with Crippen molar-refractivity contribution in [3.8, 4) is 6.07 Å². The zero-order valence-electron chi connectivity index (χ0n) is 13.1. The van der Waals surface area contributed by atoms with E-state index in [4.69, 9.17) is 15.2 Å². The van der Waals surface area contributed by atoms with Crippen molar-refractivity contribution >= 4 is 45.8 Å². The monoisotopic (exact) mass is 470 g/mol. The summed E-state index contributed by atoms with van der Waals surface area (Å²) in [5.41, 5.74) is 1.55. The molecule has 0 bridgehead atoms. The summed E-state index contributed by atoms with van der Waals surface area (Å²) in [7, 11) is 0. The van der Waals surface area contributed by atoms with Gasteiger partial charge < -0.3 is 10.1 Å². The van der Waals surface area contributed by atoms with E-state index >= 15 is 0 Å². The number of carbonyl (C=O) groups is 2. The smallest absolute Gasteiger partial charge is 0.269 e. The molecule has 1 aromatic heterocycles. The number of carbonyl (C=O) groups excluding carboxylic acids is 2. The maximum absolute atomic E-state index is 14.0. The molecule has 1 amide bonds. The van der Waals surface area contributed by atoms with E-state index in [9.17, 15) is 14.0 Å². The fourth-order valence-electron chi connectivity index (χ4n) is 1.91. The van der Waals surface area contributed by atoms with Crippen molar-refractivity contribution in [3.05, 3.63) is 51.0 Å². The van der Waals surface area contributed by atoms with E-state index in [1.807, 2.05) is 28.7 Å². The van der Waals surface area contributed by atoms with E-state index in [2.05, 4.69) is 10.3 Å². The molecule has 26 heavy (non-hydrogen) atoms. The number of ether oxygens (including phenoxy) is 1. The first-order valence-corrected chi connectivity index (χ1v) is 8.19. The van der Waals surface area contributed by atoms with Crippen molar-refractivity contribution in [2.45, 2.75) is 0 Å². The number of Topliss-reactive ketones (excluding diaryl/α,β-unsaturated/α-hetero) is 1. The number of halogens is 2. The third-order valence-electron chi connectivity index (χ3n) is 3.09. The predicted molar refractivity (Wildman–Crippen MR) is 96.4 cm³/mol. The van der Waals surface area contributed by atoms with Gasteiger partial charge >= 0.3 is 0 Å². The van der Waals surface area contributed by atoms with Gasteiger partial charge in [0.1, 0.15) is 36.6 Å². The lowest BCUT2D eigenvalue weighted by molar-refractivity contribution is -0.133. The van der Waals surface area contributed by atoms with Crippen molar-refractivity contribution in [1.82, 2.24) is 10.5 Å². The Labute approximate surface area is 161 Å². The molecule has 0 fully saturated rings. The number of hydroxylamine groups is 1. The molecule has 2 rings (SSSR count). The van der Waals surface area contributed by atoms with Crippen LogP contribution in [0.1, 0.15) is 16.1 Å². The molecule has 2 aromatic rings. The summed E-state index contributed by atoms with van der Waals surface area (Å²) in [5, 5.41) is 20.1. The van der Waals surface area contributed by atoms with Crippen LogP contribution in [0.2, 0.25) is 0 Å². The molecule has 0 aliphatic rings. The number of amides is 1. The number of hydrogen-bond acceptors (Lipinski definition) is 7. The SMILES string of the molecule is N#Cc1ccc(C(=O)COCC(=O)NO)c(Nc2ccc(I)cc2F)n1. The minimum Gasteiger partial charge on any atom is -0.363 e. The Morgan fingerprint density at radius 1 is 1.31 bits per heavy atom. The second-order valence-corrected chi connectivity index (χ2v) is 6.15. The number of benzene rings is 1. The lowest BCUT2D eigenvalue weighted by Gasteiger charge is -2.12. The van der Waals surface area contributed by atoms with Crippen LogP contribution in [0.15, 0.2) is 30.3 Å². The maximum atomic E-state index is 14.0. The molecule has 1 heterocycles. The Hall–Kier alpha value is -2.62. The van der Waals surface area contributed by atoms with Gasteiger partial charge in [0, 0.05) is 3.57 Å². The van der Waals surface area contributed by atoms with Crippen LogP contribution in [0, 0.1) is 20.7 Å². The summed E-state index contributed by atoms with van der Waals surface area (Å²) in [6, 6.07) is 8.98. The molecule has 0 spiro atoms. The zero-order chi connectivity index (χ0) is 19.1. The fraction of sp³-hybridized carbons (Fsp3) is 0.125. The van der Waals surface area contributed by atoms with Crippen molar-refractivity contribution in [1.29, 1.82) is 5.26 Å². The van der Waals surface area contributed by atoms with Crippen molar-refractivity contribution < 1.29 is 23.9 Å². The number of rotatable bonds is 7. The lowest BCUT2D eigenvalue weighted by atomic mass is 10.1. The standard InChI is InChI=1S/C16H12FIN4O4/c17-12-5-9(18)1-4-13(12)21-16-11(3-2-10(6-19)20-16)14(23)7-26-8-15(24)22-25/h1-5,25H,7-8H2,(H,20,21)(H,22,24). The lowest BCUT2D eigenvalue weighted by Crippen LogP contribution is -2.25. The first-order chi connectivity index (χ1) is 12.4. The van der Waals surface area contributed by atoms with Gasteiger partial charge in [-0.05, 0) is 52.9 Å². The number of nitrogens with zero attached hydrogens (tertiary/aromatic N) is 2. The summed E-state index contributed by atoms with van der Waals surface area (Å²) in [6.07, 6.45) is 0. The Balaban J connectivity index is 2.25. The molecule has 8 nitrogen and oxygen atoms in total. The minimum atomic E-state index is -0.810. The quantitative estimate of drug-likeness (QED) is 0.245. The van der Waals surface area contributed by atoms with E-state index in [1.165, 1.54) is 29.7 Å². The van der Waals surface area contributed by atoms with Crippen LogP contribution >= 0.6 is 22.6 Å². The van der Waals surface area contributed by atoms with Gasteiger partial charge in [0.25, 0.3) is 5.91 Å². The fourth-order valence-corrected chi connectivity index (χ4v) is 2.36. The molecule has 10 heteroatoms. The summed E-state index contributed by atoms with van der Waals surface area (Å²) in [6.45, 7) is -0.981. The van der Waals surface area contributed by atoms with Gasteiger partial charge in [0.15, 0.2) is 5.78 Å². The van der Waals surface area contributed by atoms with E-state index in [1.54, 1.807) is 6.07 Å². The Bertz CT molecular complexity index is 885. The Kier molecular flexibility index (Phi) is 6.96. The van der Waals surface area contributed by atoms with Crippen LogP contribution in [0.3, 0.4) is 0 Å². The number of ketones is 1. The first-order valence-electron chi connectivity index (χ1n) is 7.11. The highest BCUT2D eigenvalue weighted by Crippen LogP contribution is 2.24. The topological polar surface area (TPSA) is 124 Å². The first kappa shape index (κ1) is 19.7. The molecule has 0 unspecified atom stereocenters. The zero-order valence-corrected chi connectivity index (χ0v) is 15.3. The molecule has 134 valence electrons. The largest absolute Gasteiger partial charge is 0.363 e. The molecule has 3 N–H and O–H groups in total. The van der Waals surface area contributed by atoms with E-state index < -0.39 is 30.7 Å². The van der Waals surface area contributed by atoms with Crippen molar-refractivity contribution in [3.63, 3.8) is 0 Å². The normalized spacial score (nSPS) is 10.1. The molecular weight excluding hydrogens is 458 g/mol. The second kappa shape index (κ2) is 9.18. The summed E-state index contributed by atoms with van der Waals surface area (Å²) >= 11 is 1.96. The summed E-state index contributed by atoms with van der Waals surface area (Å²) < 4.78 is 19.6. The second-order valence-electron chi connectivity index (χ2n) is 4.90. The van der Waals surface area contributed by atoms with Gasteiger partial charge in [-0.2, -0.15) is 5.26 Å². The number of nitriles is 1. The van der Waals surface area contributed by atoms with E-state index in [0.717, 1.165) is 0 Å². The van der Waals surface area contributed by atoms with Crippen molar-refractivity contribution in [2.24, 2.45) is 0 Å². The molecular formula is C16H12FIN4O4. The molecule has 0 radical (unpaired) electrons. The summed E-state index contributed by atoms with van der Waals surface area (Å²) in [5.74, 6) is -1.91. The number of pyridine rings is 1. The van der Waals surface area contributed by atoms with Gasteiger partial charge in [0.2, 0.25) is 0 Å². The number of aromatic nitrogens is 1. The van der Waals surface area contributed by atoms with Gasteiger partial charge in [-0.3, -0.25) is 14.8 Å². The van der Waals surface area contributed by atoms with Crippen LogP contribution < -0.4 is 10.8 Å². The molecule has 0 atom stereocenters. The Morgan fingerprint density at radius 2 is 2.08 bits per heavy atom. The average Bonchev–Trinajstić information content (AvgIpc) is 2.63. The molecule has 0 saturated carbocycles. The highest BCUT2D eigenvalue weighted by atomic mass is 127. The van der Waals surface area contributed by atoms with Crippen LogP contribution in [-0.2, 0) is 9.53 Å². The van der Waals surface area contributed by atoms with Crippen LogP contribution in [0.5, 0.6) is 0 Å². The van der Waals surface area contributed by atoms with Gasteiger partial charge in [-0.15, -0.1) is 0 Å². The average molecular weight is 470 g/mol. The van der Waals surface area contributed by atoms with Gasteiger partial charge in [0.05, 0.1) is 11.3 Å². The molecule has 0 saturated heterocycles. The maximum Gasteiger partial charge on any atom is 0.269 e. The van der Waals surface area contributed by atoms with Gasteiger partial charge in [-0.25, -0.2) is 14.9 Å². The highest BCUT2D eigenvalue weighted by Gasteiger charge is 2.16. The highest BCUT2D eigenvalue weighted by molar-refractivity contribution is 14.1. The van der Waals surface area contributed by atoms with Gasteiger partial charge in [-0.1, -0.05) is 0 Å². The number of anilines is 2. The third-order valence-corrected chi connectivity index (χ3v) is 3.76. The number of hydrogen-bond donors (Lipinski definition) is 3. The number of nitrogens with one attached hydrogen (secondary N) is 2. The van der Waals surface area contributed by atoms with E-state index in [-0.39, 0.29) is 22.8 Å². The predicted octanol–water partition coefficient (Wildman–Crippen LogP) is 2.15. The minimum absolute atomic E-state index is 0.00984. The van der Waals surface area contributed by atoms with E-state index in [0.29, 0.717) is 3.57 Å².